The van der Waals surface area contributed by atoms with E-state index in [0.29, 0.717) is 39.1 Å². The fraction of sp³-hybridized carbons (Fsp3) is 0.500. The van der Waals surface area contributed by atoms with Crippen molar-refractivity contribution in [2.24, 2.45) is 0 Å². The molecule has 0 aromatic heterocycles. The second kappa shape index (κ2) is 9.94. The van der Waals surface area contributed by atoms with E-state index in [2.05, 4.69) is 9.64 Å². The molecule has 0 N–H and O–H groups in total. The summed E-state index contributed by atoms with van der Waals surface area (Å²) in [7, 11) is 1.38. The number of nitrogens with zero attached hydrogens (tertiary/aromatic N) is 1. The molecule has 1 rings (SSSR count). The van der Waals surface area contributed by atoms with Crippen molar-refractivity contribution in [3.8, 4) is 0 Å². The molecule has 0 bridgehead atoms. The maximum atomic E-state index is 11.5. The Morgan fingerprint density at radius 2 is 1.67 bits per heavy atom. The number of esters is 2. The van der Waals surface area contributed by atoms with Crippen molar-refractivity contribution >= 4 is 11.9 Å². The maximum Gasteiger partial charge on any atom is 0.307 e. The van der Waals surface area contributed by atoms with Gasteiger partial charge in [0.2, 0.25) is 0 Å². The van der Waals surface area contributed by atoms with E-state index >= 15 is 0 Å². The second-order valence-corrected chi connectivity index (χ2v) is 4.64. The zero-order valence-electron chi connectivity index (χ0n) is 12.7. The van der Waals surface area contributed by atoms with Gasteiger partial charge in [-0.3, -0.25) is 14.5 Å². The predicted octanol–water partition coefficient (Wildman–Crippen LogP) is 2.00. The summed E-state index contributed by atoms with van der Waals surface area (Å²) in [4.78, 5) is 24.8. The quantitative estimate of drug-likeness (QED) is 0.652. The molecule has 116 valence electrons. The Labute approximate surface area is 125 Å². The summed E-state index contributed by atoms with van der Waals surface area (Å²) in [5.74, 6) is -0.460. The third-order valence-corrected chi connectivity index (χ3v) is 3.05. The summed E-state index contributed by atoms with van der Waals surface area (Å²) in [6.07, 6.45) is 0.633. The third-order valence-electron chi connectivity index (χ3n) is 3.05. The number of carbonyl (C=O) groups excluding carboxylic acids is 2. The topological polar surface area (TPSA) is 55.8 Å². The van der Waals surface area contributed by atoms with E-state index in [1.807, 2.05) is 30.3 Å². The van der Waals surface area contributed by atoms with Crippen LogP contribution >= 0.6 is 0 Å². The van der Waals surface area contributed by atoms with Crippen molar-refractivity contribution in [3.63, 3.8) is 0 Å². The van der Waals surface area contributed by atoms with E-state index < -0.39 is 0 Å². The van der Waals surface area contributed by atoms with E-state index in [-0.39, 0.29) is 11.9 Å². The Hall–Kier alpha value is -1.88. The number of hydrogen-bond donors (Lipinski definition) is 0. The minimum atomic E-state index is -0.246. The normalized spacial score (nSPS) is 10.4. The molecule has 0 saturated heterocycles. The van der Waals surface area contributed by atoms with E-state index in [4.69, 9.17) is 4.74 Å². The number of carbonyl (C=O) groups is 2. The van der Waals surface area contributed by atoms with Gasteiger partial charge in [-0.2, -0.15) is 0 Å². The highest BCUT2D eigenvalue weighted by Crippen LogP contribution is 2.06. The minimum absolute atomic E-state index is 0.214. The van der Waals surface area contributed by atoms with Gasteiger partial charge in [-0.1, -0.05) is 30.3 Å². The van der Waals surface area contributed by atoms with Crippen molar-refractivity contribution < 1.29 is 19.1 Å². The zero-order valence-corrected chi connectivity index (χ0v) is 12.7. The maximum absolute atomic E-state index is 11.5. The summed E-state index contributed by atoms with van der Waals surface area (Å²) < 4.78 is 9.59. The van der Waals surface area contributed by atoms with E-state index in [1.54, 1.807) is 6.92 Å². The SMILES string of the molecule is CCOC(=O)CCN(CCC(=O)OC)Cc1ccccc1. The molecule has 0 heterocycles. The van der Waals surface area contributed by atoms with Crippen LogP contribution in [0.3, 0.4) is 0 Å². The molecule has 21 heavy (non-hydrogen) atoms. The Morgan fingerprint density at radius 3 is 2.24 bits per heavy atom. The van der Waals surface area contributed by atoms with Crippen molar-refractivity contribution in [2.45, 2.75) is 26.3 Å². The lowest BCUT2D eigenvalue weighted by Crippen LogP contribution is -2.29. The smallest absolute Gasteiger partial charge is 0.307 e. The molecule has 0 aliphatic carbocycles. The summed E-state index contributed by atoms with van der Waals surface area (Å²) in [6, 6.07) is 9.95. The Kier molecular flexibility index (Phi) is 8.12. The summed E-state index contributed by atoms with van der Waals surface area (Å²) in [5, 5.41) is 0. The number of hydrogen-bond acceptors (Lipinski definition) is 5. The monoisotopic (exact) mass is 293 g/mol. The molecule has 0 amide bonds. The van der Waals surface area contributed by atoms with Gasteiger partial charge in [-0.05, 0) is 12.5 Å². The second-order valence-electron chi connectivity index (χ2n) is 4.64. The van der Waals surface area contributed by atoms with Crippen LogP contribution in [0.5, 0.6) is 0 Å². The first-order valence-corrected chi connectivity index (χ1v) is 7.14. The van der Waals surface area contributed by atoms with Gasteiger partial charge in [0.25, 0.3) is 0 Å². The average molecular weight is 293 g/mol. The predicted molar refractivity (Wildman–Crippen MR) is 79.6 cm³/mol. The number of methoxy groups -OCH3 is 1. The number of rotatable bonds is 9. The summed E-state index contributed by atoms with van der Waals surface area (Å²) >= 11 is 0. The molecule has 5 nitrogen and oxygen atoms in total. The van der Waals surface area contributed by atoms with E-state index in [1.165, 1.54) is 7.11 Å². The van der Waals surface area contributed by atoms with Crippen LogP contribution in [0.2, 0.25) is 0 Å². The first-order valence-electron chi connectivity index (χ1n) is 7.14. The molecule has 0 aliphatic rings. The molecule has 1 aromatic rings. The summed E-state index contributed by atoms with van der Waals surface area (Å²) in [5.41, 5.74) is 1.14. The van der Waals surface area contributed by atoms with E-state index in [0.717, 1.165) is 5.56 Å². The highest BCUT2D eigenvalue weighted by Gasteiger charge is 2.12. The largest absolute Gasteiger partial charge is 0.469 e. The van der Waals surface area contributed by atoms with Gasteiger partial charge in [0.05, 0.1) is 26.6 Å². The molecule has 0 saturated carbocycles. The molecular formula is C16H23NO4. The van der Waals surface area contributed by atoms with Crippen LogP contribution < -0.4 is 0 Å². The van der Waals surface area contributed by atoms with Crippen LogP contribution in [0.1, 0.15) is 25.3 Å². The highest BCUT2D eigenvalue weighted by molar-refractivity contribution is 5.70. The van der Waals surface area contributed by atoms with E-state index in [9.17, 15) is 9.59 Å². The van der Waals surface area contributed by atoms with Crippen molar-refractivity contribution in [3.05, 3.63) is 35.9 Å². The molecule has 0 radical (unpaired) electrons. The Bertz CT molecular complexity index is 433. The Morgan fingerprint density at radius 1 is 1.05 bits per heavy atom. The van der Waals surface area contributed by atoms with Crippen LogP contribution in [0.15, 0.2) is 30.3 Å². The van der Waals surface area contributed by atoms with Gasteiger partial charge in [0, 0.05) is 19.6 Å². The van der Waals surface area contributed by atoms with Crippen LogP contribution in [-0.4, -0.2) is 43.6 Å². The summed E-state index contributed by atoms with van der Waals surface area (Å²) in [6.45, 7) is 3.99. The lowest BCUT2D eigenvalue weighted by molar-refractivity contribution is -0.143. The molecular weight excluding hydrogens is 270 g/mol. The molecule has 0 unspecified atom stereocenters. The van der Waals surface area contributed by atoms with Gasteiger partial charge < -0.3 is 9.47 Å². The fourth-order valence-corrected chi connectivity index (χ4v) is 1.95. The average Bonchev–Trinajstić information content (AvgIpc) is 2.51. The van der Waals surface area contributed by atoms with Gasteiger partial charge in [-0.15, -0.1) is 0 Å². The molecule has 5 heteroatoms. The van der Waals surface area contributed by atoms with Crippen molar-refractivity contribution in [1.82, 2.24) is 4.90 Å². The van der Waals surface area contributed by atoms with Crippen molar-refractivity contribution in [1.29, 1.82) is 0 Å². The molecule has 0 fully saturated rings. The first-order chi connectivity index (χ1) is 10.2. The molecule has 0 aliphatic heterocycles. The van der Waals surface area contributed by atoms with Crippen molar-refractivity contribution in [2.75, 3.05) is 26.8 Å². The molecule has 0 atom stereocenters. The van der Waals surface area contributed by atoms with Gasteiger partial charge in [0.15, 0.2) is 0 Å². The highest BCUT2D eigenvalue weighted by atomic mass is 16.5. The van der Waals surface area contributed by atoms with Crippen LogP contribution in [0, 0.1) is 0 Å². The third kappa shape index (κ3) is 7.46. The Balaban J connectivity index is 2.52. The van der Waals surface area contributed by atoms with Crippen LogP contribution in [0.4, 0.5) is 0 Å². The zero-order chi connectivity index (χ0) is 15.5. The molecule has 1 aromatic carbocycles. The standard InChI is InChI=1S/C16H23NO4/c1-3-21-16(19)10-12-17(11-9-15(18)20-2)13-14-7-5-4-6-8-14/h4-8H,3,9-13H2,1-2H3. The first kappa shape index (κ1) is 17.2. The number of benzene rings is 1. The van der Waals surface area contributed by atoms with Gasteiger partial charge in [0.1, 0.15) is 0 Å². The van der Waals surface area contributed by atoms with Crippen LogP contribution in [-0.2, 0) is 25.6 Å². The van der Waals surface area contributed by atoms with Gasteiger partial charge in [-0.25, -0.2) is 0 Å². The van der Waals surface area contributed by atoms with Crippen LogP contribution in [0.25, 0.3) is 0 Å². The lowest BCUT2D eigenvalue weighted by Gasteiger charge is -2.21. The van der Waals surface area contributed by atoms with Gasteiger partial charge >= 0.3 is 11.9 Å². The lowest BCUT2D eigenvalue weighted by atomic mass is 10.2. The molecule has 0 spiro atoms. The fourth-order valence-electron chi connectivity index (χ4n) is 1.95. The number of ether oxygens (including phenoxy) is 2. The minimum Gasteiger partial charge on any atom is -0.469 e.